The first-order valence-electron chi connectivity index (χ1n) is 9.07. The van der Waals surface area contributed by atoms with Crippen LogP contribution in [-0.2, 0) is 32.5 Å². The van der Waals surface area contributed by atoms with Crippen LogP contribution in [0.1, 0.15) is 32.3 Å². The SMILES string of the molecule is CCCCc1ccc2c(c1)s/c(=N\S(=O)(=O)c1cccs1)n2CC(=O)OCC. The number of benzene rings is 1. The Labute approximate surface area is 172 Å². The summed E-state index contributed by atoms with van der Waals surface area (Å²) in [5.74, 6) is -0.424. The molecule has 3 rings (SSSR count). The van der Waals surface area contributed by atoms with Crippen LogP contribution in [0, 0.1) is 0 Å². The minimum Gasteiger partial charge on any atom is -0.465 e. The fourth-order valence-corrected chi connectivity index (χ4v) is 6.03. The second-order valence-electron chi connectivity index (χ2n) is 6.18. The Kier molecular flexibility index (Phi) is 6.69. The van der Waals surface area contributed by atoms with Gasteiger partial charge in [-0.3, -0.25) is 4.79 Å². The zero-order valence-corrected chi connectivity index (χ0v) is 18.2. The van der Waals surface area contributed by atoms with Crippen molar-refractivity contribution < 1.29 is 17.9 Å². The fraction of sp³-hybridized carbons (Fsp3) is 0.368. The highest BCUT2D eigenvalue weighted by molar-refractivity contribution is 7.92. The summed E-state index contributed by atoms with van der Waals surface area (Å²) >= 11 is 2.39. The van der Waals surface area contributed by atoms with Gasteiger partial charge in [-0.2, -0.15) is 8.42 Å². The Hall–Kier alpha value is -1.97. The van der Waals surface area contributed by atoms with Crippen molar-refractivity contribution in [3.8, 4) is 0 Å². The lowest BCUT2D eigenvalue weighted by molar-refractivity contribution is -0.143. The summed E-state index contributed by atoms with van der Waals surface area (Å²) in [5.41, 5.74) is 1.96. The fourth-order valence-electron chi connectivity index (χ4n) is 2.77. The van der Waals surface area contributed by atoms with Crippen LogP contribution in [0.3, 0.4) is 0 Å². The number of rotatable bonds is 8. The zero-order chi connectivity index (χ0) is 20.1. The van der Waals surface area contributed by atoms with Crippen LogP contribution in [0.15, 0.2) is 44.3 Å². The van der Waals surface area contributed by atoms with Gasteiger partial charge in [0.2, 0.25) is 4.80 Å². The van der Waals surface area contributed by atoms with Crippen molar-refractivity contribution >= 4 is 48.9 Å². The Morgan fingerprint density at radius 2 is 2.07 bits per heavy atom. The molecular weight excluding hydrogens is 416 g/mol. The van der Waals surface area contributed by atoms with Crippen LogP contribution >= 0.6 is 22.7 Å². The second kappa shape index (κ2) is 9.02. The van der Waals surface area contributed by atoms with Crippen LogP contribution in [-0.4, -0.2) is 25.6 Å². The number of thiazole rings is 1. The Bertz CT molecular complexity index is 1130. The first kappa shape index (κ1) is 20.8. The summed E-state index contributed by atoms with van der Waals surface area (Å²) in [7, 11) is -3.83. The first-order valence-corrected chi connectivity index (χ1v) is 12.2. The number of aromatic nitrogens is 1. The van der Waals surface area contributed by atoms with Gasteiger partial charge in [-0.1, -0.05) is 36.8 Å². The van der Waals surface area contributed by atoms with Crippen molar-refractivity contribution in [2.75, 3.05) is 6.61 Å². The number of aryl methyl sites for hydroxylation is 1. The molecule has 0 amide bonds. The van der Waals surface area contributed by atoms with E-state index in [1.807, 2.05) is 18.2 Å². The van der Waals surface area contributed by atoms with Crippen molar-refractivity contribution in [1.29, 1.82) is 0 Å². The number of ether oxygens (including phenoxy) is 1. The molecule has 2 aromatic heterocycles. The lowest BCUT2D eigenvalue weighted by Crippen LogP contribution is -2.23. The topological polar surface area (TPSA) is 77.7 Å². The monoisotopic (exact) mass is 438 g/mol. The largest absolute Gasteiger partial charge is 0.465 e. The molecule has 0 radical (unpaired) electrons. The summed E-state index contributed by atoms with van der Waals surface area (Å²) in [6.07, 6.45) is 3.15. The maximum Gasteiger partial charge on any atom is 0.326 e. The molecule has 3 aromatic rings. The van der Waals surface area contributed by atoms with Crippen molar-refractivity contribution in [3.63, 3.8) is 0 Å². The first-order chi connectivity index (χ1) is 13.4. The minimum atomic E-state index is -3.83. The van der Waals surface area contributed by atoms with Crippen LogP contribution in [0.5, 0.6) is 0 Å². The summed E-state index contributed by atoms with van der Waals surface area (Å²) in [5, 5.41) is 1.69. The number of fused-ring (bicyclic) bond motifs is 1. The maximum atomic E-state index is 12.6. The van der Waals surface area contributed by atoms with Crippen molar-refractivity contribution in [2.24, 2.45) is 4.40 Å². The van der Waals surface area contributed by atoms with Gasteiger partial charge in [0.05, 0.1) is 16.8 Å². The lowest BCUT2D eigenvalue weighted by Gasteiger charge is -2.06. The van der Waals surface area contributed by atoms with E-state index in [2.05, 4.69) is 11.3 Å². The third kappa shape index (κ3) is 4.71. The van der Waals surface area contributed by atoms with Gasteiger partial charge < -0.3 is 9.30 Å². The third-order valence-electron chi connectivity index (χ3n) is 4.11. The molecule has 0 saturated heterocycles. The van der Waals surface area contributed by atoms with Gasteiger partial charge in [-0.15, -0.1) is 15.7 Å². The standard InChI is InChI=1S/C19H22N2O4S3/c1-3-5-7-14-9-10-15-16(12-14)27-19(21(15)13-17(22)25-4-2)20-28(23,24)18-8-6-11-26-18/h6,8-12H,3-5,7,13H2,1-2H3/b20-19-. The highest BCUT2D eigenvalue weighted by Gasteiger charge is 2.17. The van der Waals surface area contributed by atoms with E-state index >= 15 is 0 Å². The molecule has 9 heteroatoms. The van der Waals surface area contributed by atoms with Crippen LogP contribution in [0.2, 0.25) is 0 Å². The summed E-state index contributed by atoms with van der Waals surface area (Å²) in [4.78, 5) is 12.3. The van der Waals surface area contributed by atoms with E-state index in [0.717, 1.165) is 40.8 Å². The van der Waals surface area contributed by atoms with E-state index in [4.69, 9.17) is 4.74 Å². The van der Waals surface area contributed by atoms with Crippen molar-refractivity contribution in [2.45, 2.75) is 43.9 Å². The molecule has 0 fully saturated rings. The number of esters is 1. The third-order valence-corrected chi connectivity index (χ3v) is 7.90. The minimum absolute atomic E-state index is 0.0824. The number of hydrogen-bond donors (Lipinski definition) is 0. The molecular formula is C19H22N2O4S3. The van der Waals surface area contributed by atoms with Crippen LogP contribution < -0.4 is 4.80 Å². The van der Waals surface area contributed by atoms with E-state index in [-0.39, 0.29) is 22.2 Å². The molecule has 2 heterocycles. The van der Waals surface area contributed by atoms with Gasteiger partial charge in [0, 0.05) is 0 Å². The predicted molar refractivity (Wildman–Crippen MR) is 112 cm³/mol. The predicted octanol–water partition coefficient (Wildman–Crippen LogP) is 3.96. The van der Waals surface area contributed by atoms with Gasteiger partial charge in [0.25, 0.3) is 10.0 Å². The quantitative estimate of drug-likeness (QED) is 0.499. The number of nitrogens with zero attached hydrogens (tertiary/aromatic N) is 2. The van der Waals surface area contributed by atoms with Gasteiger partial charge in [0.1, 0.15) is 10.8 Å². The second-order valence-corrected chi connectivity index (χ2v) is 9.97. The molecule has 150 valence electrons. The molecule has 0 atom stereocenters. The average molecular weight is 439 g/mol. The Morgan fingerprint density at radius 1 is 1.25 bits per heavy atom. The lowest BCUT2D eigenvalue weighted by atomic mass is 10.1. The molecule has 0 aliphatic carbocycles. The summed E-state index contributed by atoms with van der Waals surface area (Å²) < 4.78 is 37.0. The van der Waals surface area contributed by atoms with Crippen LogP contribution in [0.25, 0.3) is 10.2 Å². The number of unbranched alkanes of at least 4 members (excludes halogenated alkanes) is 1. The van der Waals surface area contributed by atoms with E-state index in [1.165, 1.54) is 23.0 Å². The number of hydrogen-bond acceptors (Lipinski definition) is 6. The van der Waals surface area contributed by atoms with E-state index < -0.39 is 16.0 Å². The van der Waals surface area contributed by atoms with Crippen molar-refractivity contribution in [3.05, 3.63) is 46.1 Å². The average Bonchev–Trinajstić information content (AvgIpc) is 3.29. The van der Waals surface area contributed by atoms with Crippen molar-refractivity contribution in [1.82, 2.24) is 4.57 Å². The number of thiophene rings is 1. The van der Waals surface area contributed by atoms with Gasteiger partial charge in [-0.25, -0.2) is 0 Å². The van der Waals surface area contributed by atoms with Gasteiger partial charge >= 0.3 is 5.97 Å². The van der Waals surface area contributed by atoms with E-state index in [1.54, 1.807) is 22.9 Å². The number of carbonyl (C=O) groups is 1. The summed E-state index contributed by atoms with van der Waals surface area (Å²) in [6, 6.07) is 9.19. The molecule has 0 N–H and O–H groups in total. The number of carbonyl (C=O) groups excluding carboxylic acids is 1. The van der Waals surface area contributed by atoms with Crippen LogP contribution in [0.4, 0.5) is 0 Å². The normalized spacial score (nSPS) is 12.6. The summed E-state index contributed by atoms with van der Waals surface area (Å²) in [6.45, 7) is 4.06. The Balaban J connectivity index is 2.13. The molecule has 0 saturated carbocycles. The molecule has 0 bridgehead atoms. The molecule has 1 aromatic carbocycles. The molecule has 0 unspecified atom stereocenters. The highest BCUT2D eigenvalue weighted by Crippen LogP contribution is 2.22. The molecule has 28 heavy (non-hydrogen) atoms. The smallest absolute Gasteiger partial charge is 0.326 e. The Morgan fingerprint density at radius 3 is 2.75 bits per heavy atom. The number of sulfonamides is 1. The molecule has 0 aliphatic rings. The molecule has 0 spiro atoms. The van der Waals surface area contributed by atoms with Gasteiger partial charge in [-0.05, 0) is 48.9 Å². The highest BCUT2D eigenvalue weighted by atomic mass is 32.2. The molecule has 6 nitrogen and oxygen atoms in total. The maximum absolute atomic E-state index is 12.6. The van der Waals surface area contributed by atoms with E-state index in [0.29, 0.717) is 0 Å². The molecule has 0 aliphatic heterocycles. The van der Waals surface area contributed by atoms with Gasteiger partial charge in [0.15, 0.2) is 0 Å². The van der Waals surface area contributed by atoms with E-state index in [9.17, 15) is 13.2 Å². The zero-order valence-electron chi connectivity index (χ0n) is 15.8.